The zero-order valence-corrected chi connectivity index (χ0v) is 16.3. The van der Waals surface area contributed by atoms with Crippen LogP contribution in [0.2, 0.25) is 5.02 Å². The molecule has 6 heteroatoms. The highest BCUT2D eigenvalue weighted by atomic mass is 35.5. The number of aryl methyl sites for hydroxylation is 1. The summed E-state index contributed by atoms with van der Waals surface area (Å²) >= 11 is 6.10. The van der Waals surface area contributed by atoms with Crippen molar-refractivity contribution in [2.24, 2.45) is 5.10 Å². The van der Waals surface area contributed by atoms with Gasteiger partial charge in [-0.1, -0.05) is 35.9 Å². The fraction of sp³-hybridized carbons (Fsp3) is 0.136. The van der Waals surface area contributed by atoms with Crippen molar-refractivity contribution in [2.75, 3.05) is 12.5 Å². The Balaban J connectivity index is 1.66. The van der Waals surface area contributed by atoms with Gasteiger partial charge < -0.3 is 9.47 Å². The minimum absolute atomic E-state index is 0.117. The van der Waals surface area contributed by atoms with Crippen molar-refractivity contribution in [2.45, 2.75) is 13.5 Å². The maximum absolute atomic E-state index is 13.7. The first-order valence-electron chi connectivity index (χ1n) is 8.66. The van der Waals surface area contributed by atoms with Crippen LogP contribution >= 0.6 is 11.6 Å². The van der Waals surface area contributed by atoms with Crippen molar-refractivity contribution in [3.05, 3.63) is 88.2 Å². The molecule has 3 rings (SSSR count). The highest BCUT2D eigenvalue weighted by Crippen LogP contribution is 2.28. The number of benzene rings is 3. The third kappa shape index (κ3) is 5.02. The van der Waals surface area contributed by atoms with Gasteiger partial charge in [-0.2, -0.15) is 5.10 Å². The van der Waals surface area contributed by atoms with Crippen LogP contribution < -0.4 is 14.9 Å². The maximum atomic E-state index is 13.7. The average molecular weight is 399 g/mol. The van der Waals surface area contributed by atoms with Gasteiger partial charge in [0.15, 0.2) is 11.5 Å². The van der Waals surface area contributed by atoms with Crippen LogP contribution in [0.3, 0.4) is 0 Å². The maximum Gasteiger partial charge on any atom is 0.161 e. The first-order valence-corrected chi connectivity index (χ1v) is 9.04. The third-order valence-corrected chi connectivity index (χ3v) is 4.51. The summed E-state index contributed by atoms with van der Waals surface area (Å²) in [5, 5.41) is 4.89. The van der Waals surface area contributed by atoms with E-state index in [4.69, 9.17) is 21.1 Å². The number of rotatable bonds is 7. The van der Waals surface area contributed by atoms with E-state index in [1.54, 1.807) is 43.7 Å². The number of hydrazone groups is 1. The van der Waals surface area contributed by atoms with Gasteiger partial charge in [0, 0.05) is 10.6 Å². The molecule has 0 bridgehead atoms. The van der Waals surface area contributed by atoms with E-state index < -0.39 is 0 Å². The van der Waals surface area contributed by atoms with Gasteiger partial charge in [0.1, 0.15) is 12.4 Å². The number of nitrogens with zero attached hydrogens (tertiary/aromatic N) is 1. The standard InChI is InChI=1S/C22H20ClFN2O2/c1-15-7-9-18(12-19(15)23)26-25-13-16-8-10-21(22(11-16)27-2)28-14-17-5-3-4-6-20(17)24/h3-13,26H,14H2,1-2H3/b25-13+. The van der Waals surface area contributed by atoms with Crippen LogP contribution in [0, 0.1) is 12.7 Å². The molecule has 3 aromatic rings. The summed E-state index contributed by atoms with van der Waals surface area (Å²) in [6, 6.07) is 17.5. The molecule has 0 heterocycles. The number of hydrogen-bond donors (Lipinski definition) is 1. The molecule has 3 aromatic carbocycles. The monoisotopic (exact) mass is 398 g/mol. The lowest BCUT2D eigenvalue weighted by Crippen LogP contribution is -2.00. The molecule has 1 N–H and O–H groups in total. The lowest BCUT2D eigenvalue weighted by molar-refractivity contribution is 0.279. The summed E-state index contributed by atoms with van der Waals surface area (Å²) < 4.78 is 24.8. The number of nitrogens with one attached hydrogen (secondary N) is 1. The van der Waals surface area contributed by atoms with E-state index in [0.717, 1.165) is 16.8 Å². The van der Waals surface area contributed by atoms with Crippen LogP contribution in [0.4, 0.5) is 10.1 Å². The van der Waals surface area contributed by atoms with Gasteiger partial charge in [0.25, 0.3) is 0 Å². The first-order chi connectivity index (χ1) is 13.6. The summed E-state index contributed by atoms with van der Waals surface area (Å²) in [7, 11) is 1.55. The fourth-order valence-corrected chi connectivity index (χ4v) is 2.68. The zero-order chi connectivity index (χ0) is 19.9. The summed E-state index contributed by atoms with van der Waals surface area (Å²) in [6.07, 6.45) is 1.66. The quantitative estimate of drug-likeness (QED) is 0.402. The van der Waals surface area contributed by atoms with Crippen LogP contribution in [0.15, 0.2) is 65.8 Å². The molecule has 0 spiro atoms. The van der Waals surface area contributed by atoms with Gasteiger partial charge in [0.2, 0.25) is 0 Å². The van der Waals surface area contributed by atoms with Crippen molar-refractivity contribution in [1.29, 1.82) is 0 Å². The van der Waals surface area contributed by atoms with Gasteiger partial charge in [-0.05, 0) is 54.4 Å². The predicted molar refractivity (Wildman–Crippen MR) is 111 cm³/mol. The number of anilines is 1. The molecule has 28 heavy (non-hydrogen) atoms. The number of halogens is 2. The van der Waals surface area contributed by atoms with Gasteiger partial charge >= 0.3 is 0 Å². The Kier molecular flexibility index (Phi) is 6.50. The summed E-state index contributed by atoms with van der Waals surface area (Å²) in [5.41, 5.74) is 6.04. The van der Waals surface area contributed by atoms with E-state index in [-0.39, 0.29) is 12.4 Å². The van der Waals surface area contributed by atoms with Crippen LogP contribution in [-0.2, 0) is 6.61 Å². The molecular formula is C22H20ClFN2O2. The molecule has 0 saturated carbocycles. The van der Waals surface area contributed by atoms with E-state index in [1.165, 1.54) is 6.07 Å². The smallest absolute Gasteiger partial charge is 0.161 e. The first kappa shape index (κ1) is 19.7. The molecule has 0 radical (unpaired) electrons. The lowest BCUT2D eigenvalue weighted by atomic mass is 10.2. The van der Waals surface area contributed by atoms with E-state index in [0.29, 0.717) is 22.1 Å². The Hall–Kier alpha value is -3.05. The second-order valence-corrected chi connectivity index (χ2v) is 6.53. The topological polar surface area (TPSA) is 42.8 Å². The molecule has 4 nitrogen and oxygen atoms in total. The Morgan fingerprint density at radius 2 is 1.89 bits per heavy atom. The summed E-state index contributed by atoms with van der Waals surface area (Å²) in [4.78, 5) is 0. The second kappa shape index (κ2) is 9.24. The van der Waals surface area contributed by atoms with Gasteiger partial charge in [0.05, 0.1) is 19.0 Å². The number of hydrogen-bond acceptors (Lipinski definition) is 4. The molecule has 144 valence electrons. The predicted octanol–water partition coefficient (Wildman–Crippen LogP) is 5.82. The van der Waals surface area contributed by atoms with Gasteiger partial charge in [-0.15, -0.1) is 0 Å². The van der Waals surface area contributed by atoms with Crippen LogP contribution in [0.5, 0.6) is 11.5 Å². The molecule has 0 unspecified atom stereocenters. The molecule has 0 aliphatic carbocycles. The van der Waals surface area contributed by atoms with Crippen molar-refractivity contribution in [3.63, 3.8) is 0 Å². The van der Waals surface area contributed by atoms with Crippen molar-refractivity contribution < 1.29 is 13.9 Å². The zero-order valence-electron chi connectivity index (χ0n) is 15.6. The Labute approximate surface area is 168 Å². The van der Waals surface area contributed by atoms with E-state index >= 15 is 0 Å². The van der Waals surface area contributed by atoms with Gasteiger partial charge in [-0.3, -0.25) is 5.43 Å². The highest BCUT2D eigenvalue weighted by Gasteiger charge is 2.07. The molecule has 0 aliphatic rings. The second-order valence-electron chi connectivity index (χ2n) is 6.12. The average Bonchev–Trinajstić information content (AvgIpc) is 2.70. The van der Waals surface area contributed by atoms with Crippen LogP contribution in [-0.4, -0.2) is 13.3 Å². The molecule has 0 amide bonds. The number of methoxy groups -OCH3 is 1. The molecule has 0 aliphatic heterocycles. The van der Waals surface area contributed by atoms with E-state index in [9.17, 15) is 4.39 Å². The molecule has 0 atom stereocenters. The number of ether oxygens (including phenoxy) is 2. The molecule has 0 saturated heterocycles. The summed E-state index contributed by atoms with van der Waals surface area (Å²) in [5.74, 6) is 0.771. The largest absolute Gasteiger partial charge is 0.493 e. The van der Waals surface area contributed by atoms with Crippen LogP contribution in [0.1, 0.15) is 16.7 Å². The minimum atomic E-state index is -0.299. The van der Waals surface area contributed by atoms with E-state index in [1.807, 2.05) is 31.2 Å². The normalized spacial score (nSPS) is 10.9. The highest BCUT2D eigenvalue weighted by molar-refractivity contribution is 6.31. The van der Waals surface area contributed by atoms with Crippen molar-refractivity contribution >= 4 is 23.5 Å². The fourth-order valence-electron chi connectivity index (χ4n) is 2.50. The van der Waals surface area contributed by atoms with Crippen molar-refractivity contribution in [1.82, 2.24) is 0 Å². The molecular weight excluding hydrogens is 379 g/mol. The Bertz CT molecular complexity index is 992. The molecule has 0 aromatic heterocycles. The lowest BCUT2D eigenvalue weighted by Gasteiger charge is -2.11. The third-order valence-electron chi connectivity index (χ3n) is 4.11. The molecule has 0 fully saturated rings. The SMILES string of the molecule is COc1cc(/C=N/Nc2ccc(C)c(Cl)c2)ccc1OCc1ccccc1F. The van der Waals surface area contributed by atoms with E-state index in [2.05, 4.69) is 10.5 Å². The Morgan fingerprint density at radius 3 is 2.64 bits per heavy atom. The minimum Gasteiger partial charge on any atom is -0.493 e. The summed E-state index contributed by atoms with van der Waals surface area (Å²) in [6.45, 7) is 2.06. The Morgan fingerprint density at radius 1 is 1.07 bits per heavy atom. The van der Waals surface area contributed by atoms with Gasteiger partial charge in [-0.25, -0.2) is 4.39 Å². The van der Waals surface area contributed by atoms with Crippen molar-refractivity contribution in [3.8, 4) is 11.5 Å². The van der Waals surface area contributed by atoms with Crippen LogP contribution in [0.25, 0.3) is 0 Å².